The van der Waals surface area contributed by atoms with Gasteiger partial charge in [0, 0.05) is 62.4 Å². The molecule has 0 aliphatic carbocycles. The van der Waals surface area contributed by atoms with Crippen molar-refractivity contribution in [2.24, 2.45) is 7.05 Å². The molecule has 1 saturated heterocycles. The Labute approximate surface area is 188 Å². The average Bonchev–Trinajstić information content (AvgIpc) is 3.26. The largest absolute Gasteiger partial charge is 0.354 e. The first-order valence-electron chi connectivity index (χ1n) is 10.6. The predicted molar refractivity (Wildman–Crippen MR) is 131 cm³/mol. The molecule has 1 aliphatic rings. The second-order valence-corrected chi connectivity index (χ2v) is 7.97. The van der Waals surface area contributed by atoms with Gasteiger partial charge in [0.2, 0.25) is 0 Å². The Hall–Kier alpha value is -3.65. The first-order chi connectivity index (χ1) is 15.6. The summed E-state index contributed by atoms with van der Waals surface area (Å²) in [5.41, 5.74) is 4.33. The molecule has 0 saturated carbocycles. The molecule has 8 heteroatoms. The van der Waals surface area contributed by atoms with Gasteiger partial charge in [0.05, 0.1) is 6.20 Å². The number of benzene rings is 1. The molecule has 2 radical (unpaired) electrons. The number of aromatic nitrogens is 4. The van der Waals surface area contributed by atoms with Crippen molar-refractivity contribution in [3.05, 3.63) is 67.1 Å². The summed E-state index contributed by atoms with van der Waals surface area (Å²) < 4.78 is 1.79. The molecule has 0 amide bonds. The zero-order valence-corrected chi connectivity index (χ0v) is 18.0. The number of fused-ring (bicyclic) bond motifs is 1. The molecule has 2 N–H and O–H groups in total. The Balaban J connectivity index is 1.41. The number of rotatable bonds is 5. The second kappa shape index (κ2) is 8.47. The van der Waals surface area contributed by atoms with Crippen molar-refractivity contribution in [1.29, 1.82) is 0 Å². The number of piperazine rings is 1. The summed E-state index contributed by atoms with van der Waals surface area (Å²) in [5.74, 6) is 1.61. The fourth-order valence-corrected chi connectivity index (χ4v) is 4.00. The highest BCUT2D eigenvalue weighted by Crippen LogP contribution is 2.26. The van der Waals surface area contributed by atoms with Crippen molar-refractivity contribution >= 4 is 41.5 Å². The van der Waals surface area contributed by atoms with Gasteiger partial charge in [-0.25, -0.2) is 9.97 Å². The Morgan fingerprint density at radius 3 is 2.75 bits per heavy atom. The van der Waals surface area contributed by atoms with Gasteiger partial charge in [0.1, 0.15) is 19.5 Å². The zero-order chi connectivity index (χ0) is 22.1. The third-order valence-corrected chi connectivity index (χ3v) is 5.71. The first-order valence-corrected chi connectivity index (χ1v) is 10.6. The minimum Gasteiger partial charge on any atom is -0.354 e. The van der Waals surface area contributed by atoms with Crippen LogP contribution in [0.1, 0.15) is 5.56 Å². The summed E-state index contributed by atoms with van der Waals surface area (Å²) in [7, 11) is 8.18. The molecule has 1 aliphatic heterocycles. The summed E-state index contributed by atoms with van der Waals surface area (Å²) in [5, 5.41) is 12.9. The summed E-state index contributed by atoms with van der Waals surface area (Å²) in [6.07, 6.45) is 5.67. The Morgan fingerprint density at radius 1 is 1.12 bits per heavy atom. The van der Waals surface area contributed by atoms with E-state index in [0.717, 1.165) is 65.2 Å². The third kappa shape index (κ3) is 4.09. The van der Waals surface area contributed by atoms with Gasteiger partial charge in [-0.2, -0.15) is 5.10 Å². The first kappa shape index (κ1) is 20.3. The van der Waals surface area contributed by atoms with Crippen LogP contribution >= 0.6 is 0 Å². The molecule has 0 spiro atoms. The molecule has 4 aromatic rings. The lowest BCUT2D eigenvalue weighted by molar-refractivity contribution is 0.585. The van der Waals surface area contributed by atoms with Crippen LogP contribution in [0.3, 0.4) is 0 Å². The lowest BCUT2D eigenvalue weighted by atomic mass is 9.94. The molecule has 7 nitrogen and oxygen atoms in total. The van der Waals surface area contributed by atoms with E-state index in [-0.39, 0.29) is 0 Å². The topological polar surface area (TPSA) is 70.9 Å². The standard InChI is InChI=1S/C24H24BN7/c1-16(17-5-6-27-23(13-17)32-9-7-26-8-10-32)29-22-12-19-11-18(20-14-28-31(2)15-20)3-4-21(19)24(25)30-22/h3-6,11-15,26H,1,7-10H2,2H3,(H,29,30). The molecular formula is C24H24BN7. The van der Waals surface area contributed by atoms with Crippen LogP contribution in [0.4, 0.5) is 11.6 Å². The fourth-order valence-electron chi connectivity index (χ4n) is 4.00. The maximum absolute atomic E-state index is 6.27. The van der Waals surface area contributed by atoms with Crippen LogP contribution in [0.5, 0.6) is 0 Å². The zero-order valence-electron chi connectivity index (χ0n) is 18.0. The van der Waals surface area contributed by atoms with E-state index < -0.39 is 0 Å². The SMILES string of the molecule is [B]c1nc(NC(=C)c2ccnc(N3CCNCC3)c2)cc2cc(-c3cnn(C)c3)ccc12. The molecule has 1 aromatic carbocycles. The van der Waals surface area contributed by atoms with Gasteiger partial charge in [-0.3, -0.25) is 4.68 Å². The lowest BCUT2D eigenvalue weighted by Gasteiger charge is -2.28. The Morgan fingerprint density at radius 2 is 1.97 bits per heavy atom. The molecular weight excluding hydrogens is 397 g/mol. The molecule has 1 fully saturated rings. The Bertz CT molecular complexity index is 1290. The summed E-state index contributed by atoms with van der Waals surface area (Å²) >= 11 is 0. The average molecular weight is 421 g/mol. The molecule has 0 atom stereocenters. The molecule has 32 heavy (non-hydrogen) atoms. The Kier molecular flexibility index (Phi) is 5.37. The summed E-state index contributed by atoms with van der Waals surface area (Å²) in [6.45, 7) is 8.04. The number of hydrogen-bond acceptors (Lipinski definition) is 6. The number of anilines is 2. The van der Waals surface area contributed by atoms with Crippen LogP contribution in [-0.4, -0.2) is 53.8 Å². The van der Waals surface area contributed by atoms with Crippen LogP contribution in [0.25, 0.3) is 27.6 Å². The molecule has 0 unspecified atom stereocenters. The minimum absolute atomic E-state index is 0.478. The molecule has 5 rings (SSSR count). The molecule has 0 bridgehead atoms. The van der Waals surface area contributed by atoms with E-state index in [9.17, 15) is 0 Å². The summed E-state index contributed by atoms with van der Waals surface area (Å²) in [6, 6.07) is 12.2. The summed E-state index contributed by atoms with van der Waals surface area (Å²) in [4.78, 5) is 11.4. The van der Waals surface area contributed by atoms with Crippen molar-refractivity contribution in [1.82, 2.24) is 25.1 Å². The maximum atomic E-state index is 6.27. The van der Waals surface area contributed by atoms with Gasteiger partial charge in [-0.1, -0.05) is 18.7 Å². The number of nitrogens with one attached hydrogen (secondary N) is 2. The molecule has 4 heterocycles. The normalized spacial score (nSPS) is 14.0. The smallest absolute Gasteiger partial charge is 0.142 e. The minimum atomic E-state index is 0.478. The van der Waals surface area contributed by atoms with Crippen LogP contribution in [0.2, 0.25) is 0 Å². The van der Waals surface area contributed by atoms with Gasteiger partial charge in [0.15, 0.2) is 0 Å². The van der Waals surface area contributed by atoms with Gasteiger partial charge < -0.3 is 15.5 Å². The van der Waals surface area contributed by atoms with Gasteiger partial charge in [-0.15, -0.1) is 0 Å². The van der Waals surface area contributed by atoms with Crippen LogP contribution in [-0.2, 0) is 7.05 Å². The third-order valence-electron chi connectivity index (χ3n) is 5.71. The highest BCUT2D eigenvalue weighted by molar-refractivity contribution is 6.37. The van der Waals surface area contributed by atoms with Crippen molar-refractivity contribution in [2.45, 2.75) is 0 Å². The van der Waals surface area contributed by atoms with Gasteiger partial charge in [0.25, 0.3) is 0 Å². The van der Waals surface area contributed by atoms with Gasteiger partial charge in [-0.05, 0) is 46.2 Å². The fraction of sp³-hybridized carbons (Fsp3) is 0.208. The van der Waals surface area contributed by atoms with Crippen LogP contribution in [0, 0.1) is 0 Å². The van der Waals surface area contributed by atoms with E-state index in [2.05, 4.69) is 49.3 Å². The van der Waals surface area contributed by atoms with E-state index in [0.29, 0.717) is 11.4 Å². The van der Waals surface area contributed by atoms with Crippen LogP contribution < -0.4 is 21.1 Å². The predicted octanol–water partition coefficient (Wildman–Crippen LogP) is 2.32. The number of nitrogens with zero attached hydrogens (tertiary/aromatic N) is 5. The van der Waals surface area contributed by atoms with Gasteiger partial charge >= 0.3 is 0 Å². The van der Waals surface area contributed by atoms with E-state index in [1.807, 2.05) is 49.9 Å². The maximum Gasteiger partial charge on any atom is 0.142 e. The number of hydrogen-bond donors (Lipinski definition) is 2. The van der Waals surface area contributed by atoms with Crippen molar-refractivity contribution in [3.8, 4) is 11.1 Å². The lowest BCUT2D eigenvalue weighted by Crippen LogP contribution is -2.43. The van der Waals surface area contributed by atoms with E-state index in [4.69, 9.17) is 7.85 Å². The monoisotopic (exact) mass is 421 g/mol. The quantitative estimate of drug-likeness (QED) is 0.482. The number of pyridine rings is 2. The van der Waals surface area contributed by atoms with Crippen LogP contribution in [0.15, 0.2) is 61.6 Å². The van der Waals surface area contributed by atoms with E-state index in [1.165, 1.54) is 0 Å². The highest BCUT2D eigenvalue weighted by atomic mass is 15.2. The molecule has 3 aromatic heterocycles. The number of aryl methyl sites for hydroxylation is 1. The van der Waals surface area contributed by atoms with E-state index >= 15 is 0 Å². The van der Waals surface area contributed by atoms with E-state index in [1.54, 1.807) is 4.68 Å². The van der Waals surface area contributed by atoms with Crippen molar-refractivity contribution in [2.75, 3.05) is 36.4 Å². The highest BCUT2D eigenvalue weighted by Gasteiger charge is 2.13. The van der Waals surface area contributed by atoms with Crippen molar-refractivity contribution in [3.63, 3.8) is 0 Å². The van der Waals surface area contributed by atoms with Crippen molar-refractivity contribution < 1.29 is 0 Å². The molecule has 158 valence electrons. The second-order valence-electron chi connectivity index (χ2n) is 7.97.